The van der Waals surface area contributed by atoms with E-state index in [9.17, 15) is 4.39 Å². The van der Waals surface area contributed by atoms with E-state index in [4.69, 9.17) is 0 Å². The van der Waals surface area contributed by atoms with Gasteiger partial charge in [-0.05, 0) is 77.0 Å². The smallest absolute Gasteiger partial charge is 0.137 e. The van der Waals surface area contributed by atoms with E-state index in [0.717, 1.165) is 24.8 Å². The first-order valence-electron chi connectivity index (χ1n) is 7.38. The molecule has 0 aromatic heterocycles. The fraction of sp³-hybridized carbons (Fsp3) is 0.333. The molecule has 1 N–H and O–H groups in total. The topological polar surface area (TPSA) is 12.0 Å². The van der Waals surface area contributed by atoms with Crippen molar-refractivity contribution in [3.05, 3.63) is 69.4 Å². The molecule has 0 amide bonds. The highest BCUT2D eigenvalue weighted by Gasteiger charge is 2.26. The molecule has 1 aliphatic carbocycles. The summed E-state index contributed by atoms with van der Waals surface area (Å²) in [6, 6.07) is 14.3. The lowest BCUT2D eigenvalue weighted by Gasteiger charge is -2.32. The second-order valence-corrected chi connectivity index (χ2v) is 6.57. The normalized spacial score (nSPS) is 19.1. The van der Waals surface area contributed by atoms with Gasteiger partial charge in [-0.1, -0.05) is 30.3 Å². The summed E-state index contributed by atoms with van der Waals surface area (Å²) in [5.41, 5.74) is 4.08. The zero-order chi connectivity index (χ0) is 14.8. The van der Waals surface area contributed by atoms with Gasteiger partial charge in [0.25, 0.3) is 0 Å². The second-order valence-electron chi connectivity index (χ2n) is 5.71. The minimum absolute atomic E-state index is 0.206. The number of hydrogen-bond donors (Lipinski definition) is 1. The van der Waals surface area contributed by atoms with E-state index in [2.05, 4.69) is 45.5 Å². The van der Waals surface area contributed by atoms with Gasteiger partial charge in [-0.2, -0.15) is 0 Å². The number of rotatable bonds is 3. The molecule has 2 unspecified atom stereocenters. The molecule has 0 heterocycles. The van der Waals surface area contributed by atoms with Gasteiger partial charge in [0.1, 0.15) is 5.82 Å². The van der Waals surface area contributed by atoms with Crippen molar-refractivity contribution < 1.29 is 4.39 Å². The van der Waals surface area contributed by atoms with Gasteiger partial charge in [-0.25, -0.2) is 4.39 Å². The van der Waals surface area contributed by atoms with Gasteiger partial charge in [0, 0.05) is 6.04 Å². The summed E-state index contributed by atoms with van der Waals surface area (Å²) in [7, 11) is 1.99. The van der Waals surface area contributed by atoms with Crippen molar-refractivity contribution >= 4 is 15.9 Å². The molecule has 0 radical (unpaired) electrons. The largest absolute Gasteiger partial charge is 0.313 e. The number of fused-ring (bicyclic) bond motifs is 1. The van der Waals surface area contributed by atoms with E-state index in [1.165, 1.54) is 11.1 Å². The lowest BCUT2D eigenvalue weighted by Crippen LogP contribution is -2.29. The third kappa shape index (κ3) is 3.04. The van der Waals surface area contributed by atoms with Crippen LogP contribution in [0, 0.1) is 11.7 Å². The molecule has 3 rings (SSSR count). The van der Waals surface area contributed by atoms with Crippen molar-refractivity contribution in [1.29, 1.82) is 0 Å². The molecule has 1 nitrogen and oxygen atoms in total. The quantitative estimate of drug-likeness (QED) is 0.851. The van der Waals surface area contributed by atoms with Crippen molar-refractivity contribution in [3.63, 3.8) is 0 Å². The Kier molecular flexibility index (Phi) is 4.41. The fourth-order valence-electron chi connectivity index (χ4n) is 3.39. The van der Waals surface area contributed by atoms with Gasteiger partial charge in [-0.3, -0.25) is 0 Å². The maximum absolute atomic E-state index is 13.4. The lowest BCUT2D eigenvalue weighted by molar-refractivity contribution is 0.341. The standard InChI is InChI=1S/C18H19BrFN/c1-21-18(15-8-9-17(20)16(19)11-15)14-7-6-12-4-2-3-5-13(12)10-14/h2-5,8-9,11,14,18,21H,6-7,10H2,1H3. The first-order chi connectivity index (χ1) is 10.2. The first kappa shape index (κ1) is 14.7. The highest BCUT2D eigenvalue weighted by molar-refractivity contribution is 9.10. The third-order valence-corrected chi connectivity index (χ3v) is 5.08. The van der Waals surface area contributed by atoms with Crippen LogP contribution in [-0.2, 0) is 12.8 Å². The summed E-state index contributed by atoms with van der Waals surface area (Å²) in [5.74, 6) is 0.338. The van der Waals surface area contributed by atoms with E-state index in [-0.39, 0.29) is 11.9 Å². The van der Waals surface area contributed by atoms with Crippen LogP contribution in [0.1, 0.15) is 29.2 Å². The van der Waals surface area contributed by atoms with Crippen LogP contribution in [0.4, 0.5) is 4.39 Å². The molecule has 2 aromatic carbocycles. The number of nitrogens with one attached hydrogen (secondary N) is 1. The van der Waals surface area contributed by atoms with Crippen molar-refractivity contribution in [2.24, 2.45) is 5.92 Å². The zero-order valence-corrected chi connectivity index (χ0v) is 13.7. The Balaban J connectivity index is 1.86. The predicted molar refractivity (Wildman–Crippen MR) is 87.9 cm³/mol. The highest BCUT2D eigenvalue weighted by Crippen LogP contribution is 2.35. The van der Waals surface area contributed by atoms with Gasteiger partial charge in [0.2, 0.25) is 0 Å². The number of aryl methyl sites for hydroxylation is 1. The molecule has 0 spiro atoms. The molecule has 0 fully saturated rings. The summed E-state index contributed by atoms with van der Waals surface area (Å²) in [6.07, 6.45) is 3.37. The third-order valence-electron chi connectivity index (χ3n) is 4.47. The van der Waals surface area contributed by atoms with E-state index >= 15 is 0 Å². The second kappa shape index (κ2) is 6.29. The van der Waals surface area contributed by atoms with Crippen LogP contribution in [0.15, 0.2) is 46.9 Å². The number of benzene rings is 2. The fourth-order valence-corrected chi connectivity index (χ4v) is 3.79. The van der Waals surface area contributed by atoms with Crippen molar-refractivity contribution in [1.82, 2.24) is 5.32 Å². The number of halogens is 2. The Morgan fingerprint density at radius 2 is 1.95 bits per heavy atom. The number of hydrogen-bond acceptors (Lipinski definition) is 1. The van der Waals surface area contributed by atoms with Crippen LogP contribution >= 0.6 is 15.9 Å². The molecule has 1 aliphatic rings. The van der Waals surface area contributed by atoms with E-state index < -0.39 is 0 Å². The van der Waals surface area contributed by atoms with E-state index in [0.29, 0.717) is 10.4 Å². The molecular formula is C18H19BrFN. The average Bonchev–Trinajstić information content (AvgIpc) is 2.51. The summed E-state index contributed by atoms with van der Waals surface area (Å²) in [6.45, 7) is 0. The SMILES string of the molecule is CNC(c1ccc(F)c(Br)c1)C1CCc2ccccc2C1. The van der Waals surface area contributed by atoms with Crippen LogP contribution in [0.5, 0.6) is 0 Å². The molecule has 2 aromatic rings. The minimum atomic E-state index is -0.206. The van der Waals surface area contributed by atoms with Gasteiger partial charge in [0.15, 0.2) is 0 Å². The minimum Gasteiger partial charge on any atom is -0.313 e. The molecule has 2 atom stereocenters. The average molecular weight is 348 g/mol. The maximum atomic E-state index is 13.4. The Hall–Kier alpha value is -1.19. The molecule has 0 saturated heterocycles. The predicted octanol–water partition coefficient (Wildman–Crippen LogP) is 4.65. The van der Waals surface area contributed by atoms with E-state index in [1.54, 1.807) is 6.07 Å². The Labute approximate surface area is 133 Å². The van der Waals surface area contributed by atoms with Gasteiger partial charge < -0.3 is 5.32 Å². The molecule has 21 heavy (non-hydrogen) atoms. The monoisotopic (exact) mass is 347 g/mol. The van der Waals surface area contributed by atoms with Gasteiger partial charge >= 0.3 is 0 Å². The van der Waals surface area contributed by atoms with Crippen LogP contribution in [-0.4, -0.2) is 7.05 Å². The molecular weight excluding hydrogens is 329 g/mol. The van der Waals surface area contributed by atoms with Crippen LogP contribution in [0.3, 0.4) is 0 Å². The molecule has 110 valence electrons. The molecule has 0 saturated carbocycles. The van der Waals surface area contributed by atoms with Crippen molar-refractivity contribution in [2.45, 2.75) is 25.3 Å². The summed E-state index contributed by atoms with van der Waals surface area (Å²) < 4.78 is 14.0. The Bertz CT molecular complexity index is 641. The lowest BCUT2D eigenvalue weighted by atomic mass is 9.78. The summed E-state index contributed by atoms with van der Waals surface area (Å²) >= 11 is 3.29. The Morgan fingerprint density at radius 1 is 1.19 bits per heavy atom. The van der Waals surface area contributed by atoms with Crippen LogP contribution < -0.4 is 5.32 Å². The maximum Gasteiger partial charge on any atom is 0.137 e. The summed E-state index contributed by atoms with van der Waals surface area (Å²) in [5, 5.41) is 3.42. The molecule has 0 aliphatic heterocycles. The van der Waals surface area contributed by atoms with Crippen molar-refractivity contribution in [2.75, 3.05) is 7.05 Å². The zero-order valence-electron chi connectivity index (χ0n) is 12.1. The molecule has 0 bridgehead atoms. The van der Waals surface area contributed by atoms with Gasteiger partial charge in [-0.15, -0.1) is 0 Å². The van der Waals surface area contributed by atoms with Crippen LogP contribution in [0.25, 0.3) is 0 Å². The summed E-state index contributed by atoms with van der Waals surface area (Å²) in [4.78, 5) is 0. The first-order valence-corrected chi connectivity index (χ1v) is 8.17. The van der Waals surface area contributed by atoms with E-state index in [1.807, 2.05) is 19.2 Å². The van der Waals surface area contributed by atoms with Crippen LogP contribution in [0.2, 0.25) is 0 Å². The highest BCUT2D eigenvalue weighted by atomic mass is 79.9. The molecule has 3 heteroatoms. The Morgan fingerprint density at radius 3 is 2.67 bits per heavy atom. The van der Waals surface area contributed by atoms with Gasteiger partial charge in [0.05, 0.1) is 4.47 Å². The van der Waals surface area contributed by atoms with Crippen molar-refractivity contribution in [3.8, 4) is 0 Å².